The standard InChI is InChI=1S/2C8H6BrS.C7H7BrSi.2ClH.Zr/c2*1-5-2-6-7(9)4-10-8(6)3-5;1-9-7-4-2-6(8)3-5-7;;;/h2*2H,4H2,1H3;2-5H,1H3;2*1H;/q2*-1;;;;+2/p-2. The molecule has 1 aromatic rings. The van der Waals surface area contributed by atoms with Crippen molar-refractivity contribution in [3.63, 3.8) is 0 Å². The first-order chi connectivity index (χ1) is 14.2. The number of hydrogen-bond donors (Lipinski definition) is 0. The van der Waals surface area contributed by atoms with E-state index in [2.05, 4.69) is 117 Å². The third kappa shape index (κ3) is 8.85. The summed E-state index contributed by atoms with van der Waals surface area (Å²) in [4.78, 5) is 2.62. The van der Waals surface area contributed by atoms with Gasteiger partial charge in [-0.25, -0.2) is 12.2 Å². The molecule has 0 radical (unpaired) electrons. The van der Waals surface area contributed by atoms with E-state index in [1.807, 2.05) is 23.5 Å². The molecule has 0 nitrogen and oxygen atoms in total. The summed E-state index contributed by atoms with van der Waals surface area (Å²) in [5, 5.41) is 1.53. The Morgan fingerprint density at radius 3 is 1.56 bits per heavy atom. The van der Waals surface area contributed by atoms with Crippen LogP contribution in [0.3, 0.4) is 0 Å². The zero-order chi connectivity index (χ0) is 21.8. The van der Waals surface area contributed by atoms with Gasteiger partial charge in [0.05, 0.1) is 0 Å². The Balaban J connectivity index is 0.000000233. The Labute approximate surface area is 253 Å². The van der Waals surface area contributed by atoms with Gasteiger partial charge in [-0.05, 0) is 0 Å². The van der Waals surface area contributed by atoms with Gasteiger partial charge in [-0.2, -0.15) is 34.4 Å². The maximum Gasteiger partial charge on any atom is -1.00 e. The summed E-state index contributed by atoms with van der Waals surface area (Å²) in [6.07, 6.45) is 11.0. The Hall–Kier alpha value is 1.48. The van der Waals surface area contributed by atoms with Crippen molar-refractivity contribution >= 4 is 81.9 Å². The first kappa shape index (κ1) is 31.5. The van der Waals surface area contributed by atoms with Gasteiger partial charge in [0.15, 0.2) is 0 Å². The van der Waals surface area contributed by atoms with E-state index in [1.54, 1.807) is 23.3 Å². The van der Waals surface area contributed by atoms with Crippen LogP contribution in [0.15, 0.2) is 82.0 Å². The zero-order valence-electron chi connectivity index (χ0n) is 17.6. The second-order valence-corrected chi connectivity index (χ2v) is 19.1. The number of benzene rings is 1. The van der Waals surface area contributed by atoms with Crippen LogP contribution in [-0.2, 0) is 23.3 Å². The molecule has 0 bridgehead atoms. The molecule has 0 atom stereocenters. The van der Waals surface area contributed by atoms with Crippen LogP contribution in [0, 0.1) is 12.2 Å². The average Bonchev–Trinajstić information content (AvgIpc) is 3.43. The summed E-state index contributed by atoms with van der Waals surface area (Å²) in [7, 11) is 0. The summed E-state index contributed by atoms with van der Waals surface area (Å²) in [6.45, 7) is 6.50. The fraction of sp³-hybridized carbons (Fsp3) is 0.217. The largest absolute Gasteiger partial charge is 1.00 e. The molecule has 0 aromatic heterocycles. The smallest absolute Gasteiger partial charge is 1.00 e. The van der Waals surface area contributed by atoms with E-state index in [0.29, 0.717) is 0 Å². The maximum atomic E-state index is 3.53. The predicted octanol–water partition coefficient (Wildman–Crippen LogP) is 1.89. The van der Waals surface area contributed by atoms with E-state index >= 15 is 0 Å². The molecule has 5 rings (SSSR count). The first-order valence-electron chi connectivity index (χ1n) is 9.24. The van der Waals surface area contributed by atoms with Gasteiger partial charge in [0, 0.05) is 11.5 Å². The van der Waals surface area contributed by atoms with Crippen molar-refractivity contribution in [3.05, 3.63) is 94.1 Å². The predicted molar refractivity (Wildman–Crippen MR) is 143 cm³/mol. The van der Waals surface area contributed by atoms with Gasteiger partial charge in [-0.3, -0.25) is 0 Å². The van der Waals surface area contributed by atoms with Gasteiger partial charge in [0.1, 0.15) is 0 Å². The van der Waals surface area contributed by atoms with Gasteiger partial charge in [0.25, 0.3) is 0 Å². The molecule has 2 heterocycles. The minimum absolute atomic E-state index is 0. The van der Waals surface area contributed by atoms with Gasteiger partial charge in [0.2, 0.25) is 0 Å². The molecular formula is C23H19Br3Cl2S2SiZr-2. The van der Waals surface area contributed by atoms with Gasteiger partial charge in [-0.15, -0.1) is 33.3 Å². The molecule has 2 aliphatic carbocycles. The van der Waals surface area contributed by atoms with Crippen LogP contribution in [0.1, 0.15) is 13.8 Å². The molecule has 0 saturated carbocycles. The Morgan fingerprint density at radius 2 is 1.22 bits per heavy atom. The number of allylic oxidation sites excluding steroid dienone is 8. The molecule has 2 aliphatic heterocycles. The van der Waals surface area contributed by atoms with E-state index in [4.69, 9.17) is 0 Å². The Kier molecular flexibility index (Phi) is 14.7. The van der Waals surface area contributed by atoms with E-state index in [9.17, 15) is 0 Å². The van der Waals surface area contributed by atoms with Crippen LogP contribution >= 0.6 is 71.3 Å². The molecule has 168 valence electrons. The van der Waals surface area contributed by atoms with E-state index in [1.165, 1.54) is 50.7 Å². The minimum Gasteiger partial charge on any atom is -1.00 e. The molecule has 9 heteroatoms. The molecule has 4 aliphatic rings. The van der Waals surface area contributed by atoms with Crippen LogP contribution in [-0.4, -0.2) is 16.9 Å². The summed E-state index contributed by atoms with van der Waals surface area (Å²) >= 11 is 15.9. The van der Waals surface area contributed by atoms with Crippen molar-refractivity contribution in [2.24, 2.45) is 0 Å². The Bertz CT molecular complexity index is 1010. The van der Waals surface area contributed by atoms with Gasteiger partial charge >= 0.3 is 85.2 Å². The van der Waals surface area contributed by atoms with Gasteiger partial charge < -0.3 is 24.8 Å². The summed E-state index contributed by atoms with van der Waals surface area (Å²) in [6, 6.07) is 8.67. The van der Waals surface area contributed by atoms with Crippen LogP contribution in [0.5, 0.6) is 0 Å². The fourth-order valence-corrected chi connectivity index (χ4v) is 8.62. The minimum atomic E-state index is -0.160. The molecule has 32 heavy (non-hydrogen) atoms. The SMILES string of the molecule is CC1=CC2=C(Br)CSC2=[C-]1.CC1=CC2=C(Br)CSC2=[C-]1.C[Si](=[Zr+2])c1ccc(Br)cc1.[Cl-].[Cl-]. The number of hydrogen-bond acceptors (Lipinski definition) is 2. The monoisotopic (exact) mass is 784 g/mol. The Morgan fingerprint density at radius 1 is 0.812 bits per heavy atom. The van der Waals surface area contributed by atoms with Crippen molar-refractivity contribution in [3.8, 4) is 0 Å². The molecule has 0 saturated heterocycles. The van der Waals surface area contributed by atoms with Crippen LogP contribution in [0.4, 0.5) is 0 Å². The first-order valence-corrected chi connectivity index (χ1v) is 19.3. The topological polar surface area (TPSA) is 0 Å². The van der Waals surface area contributed by atoms with Crippen LogP contribution in [0.2, 0.25) is 6.55 Å². The molecule has 0 amide bonds. The summed E-state index contributed by atoms with van der Waals surface area (Å²) < 4.78 is 3.81. The molecule has 0 unspecified atom stereocenters. The normalized spacial score (nSPS) is 17.4. The quantitative estimate of drug-likeness (QED) is 0.316. The third-order valence-corrected chi connectivity index (χ3v) is 12.5. The molecule has 1 aromatic carbocycles. The van der Waals surface area contributed by atoms with Gasteiger partial charge in [-0.1, -0.05) is 54.7 Å². The van der Waals surface area contributed by atoms with Crippen LogP contribution < -0.4 is 30.0 Å². The fourth-order valence-electron chi connectivity index (χ4n) is 2.89. The van der Waals surface area contributed by atoms with Crippen molar-refractivity contribution < 1.29 is 48.1 Å². The van der Waals surface area contributed by atoms with Crippen molar-refractivity contribution in [2.45, 2.75) is 20.4 Å². The molecule has 0 spiro atoms. The van der Waals surface area contributed by atoms with Crippen LogP contribution in [0.25, 0.3) is 0 Å². The average molecular weight is 789 g/mol. The maximum absolute atomic E-state index is 3.53. The summed E-state index contributed by atoms with van der Waals surface area (Å²) in [5.41, 5.74) is 5.03. The number of fused-ring (bicyclic) bond motifs is 2. The van der Waals surface area contributed by atoms with E-state index in [0.717, 1.165) is 11.5 Å². The van der Waals surface area contributed by atoms with Crippen molar-refractivity contribution in [2.75, 3.05) is 11.5 Å². The number of thioether (sulfide) groups is 2. The second kappa shape index (κ2) is 14.9. The van der Waals surface area contributed by atoms with E-state index < -0.39 is 0 Å². The molecule has 0 N–H and O–H groups in total. The number of rotatable bonds is 1. The number of halogens is 5. The molecule has 0 fully saturated rings. The molecular weight excluding hydrogens is 770 g/mol. The zero-order valence-corrected chi connectivity index (χ0v) is 28.9. The van der Waals surface area contributed by atoms with E-state index in [-0.39, 0.29) is 30.2 Å². The van der Waals surface area contributed by atoms with Crippen molar-refractivity contribution in [1.82, 2.24) is 0 Å². The third-order valence-electron chi connectivity index (χ3n) is 4.38. The summed E-state index contributed by atoms with van der Waals surface area (Å²) in [5.74, 6) is 2.17. The second-order valence-electron chi connectivity index (χ2n) is 6.91. The van der Waals surface area contributed by atoms with Crippen molar-refractivity contribution in [1.29, 1.82) is 0 Å².